The van der Waals surface area contributed by atoms with Crippen LogP contribution in [0.15, 0.2) is 23.0 Å². The quantitative estimate of drug-likeness (QED) is 0.885. The molecule has 0 aliphatic heterocycles. The third-order valence-electron chi connectivity index (χ3n) is 3.27. The van der Waals surface area contributed by atoms with Gasteiger partial charge in [-0.3, -0.25) is 9.59 Å². The number of pyridine rings is 1. The van der Waals surface area contributed by atoms with E-state index < -0.39 is 5.91 Å². The number of hydrogen-bond acceptors (Lipinski definition) is 4. The van der Waals surface area contributed by atoms with Crippen LogP contribution in [-0.2, 0) is 12.8 Å². The molecule has 0 saturated carbocycles. The molecule has 1 aliphatic carbocycles. The van der Waals surface area contributed by atoms with E-state index in [1.165, 1.54) is 34.4 Å². The van der Waals surface area contributed by atoms with Gasteiger partial charge in [-0.15, -0.1) is 11.3 Å². The van der Waals surface area contributed by atoms with Crippen LogP contribution in [0.1, 0.15) is 32.9 Å². The second kappa shape index (κ2) is 4.94. The Kier molecular flexibility index (Phi) is 3.12. The molecule has 3 rings (SSSR count). The molecule has 6 heteroatoms. The molecule has 2 aromatic rings. The first-order chi connectivity index (χ1) is 9.69. The van der Waals surface area contributed by atoms with Crippen LogP contribution in [-0.4, -0.2) is 10.9 Å². The fourth-order valence-corrected chi connectivity index (χ4v) is 3.60. The van der Waals surface area contributed by atoms with Crippen LogP contribution >= 0.6 is 11.3 Å². The summed E-state index contributed by atoms with van der Waals surface area (Å²) in [7, 11) is 0. The fourth-order valence-electron chi connectivity index (χ4n) is 2.36. The van der Waals surface area contributed by atoms with Gasteiger partial charge in [0.15, 0.2) is 0 Å². The van der Waals surface area contributed by atoms with Gasteiger partial charge < -0.3 is 10.3 Å². The predicted molar refractivity (Wildman–Crippen MR) is 76.1 cm³/mol. The van der Waals surface area contributed by atoms with Gasteiger partial charge in [-0.05, 0) is 30.9 Å². The maximum Gasteiger partial charge on any atom is 0.272 e. The van der Waals surface area contributed by atoms with Gasteiger partial charge in [0, 0.05) is 10.9 Å². The Bertz CT molecular complexity index is 782. The molecule has 2 N–H and O–H groups in total. The molecule has 0 unspecified atom stereocenters. The summed E-state index contributed by atoms with van der Waals surface area (Å²) in [4.78, 5) is 26.9. The Morgan fingerprint density at radius 3 is 3.00 bits per heavy atom. The number of amides is 1. The molecular weight excluding hydrogens is 274 g/mol. The number of nitriles is 1. The monoisotopic (exact) mass is 285 g/mol. The van der Waals surface area contributed by atoms with Crippen molar-refractivity contribution < 1.29 is 4.79 Å². The van der Waals surface area contributed by atoms with E-state index in [4.69, 9.17) is 0 Å². The SMILES string of the molecule is N#Cc1c(NC(=O)c2cccc(=O)[nH]2)sc2c1CCC2. The third kappa shape index (κ3) is 2.12. The molecule has 0 bridgehead atoms. The van der Waals surface area contributed by atoms with Crippen molar-refractivity contribution in [3.8, 4) is 6.07 Å². The zero-order valence-corrected chi connectivity index (χ0v) is 11.3. The summed E-state index contributed by atoms with van der Waals surface area (Å²) >= 11 is 1.45. The number of fused-ring (bicyclic) bond motifs is 1. The number of thiophene rings is 1. The number of carbonyl (C=O) groups is 1. The van der Waals surface area contributed by atoms with E-state index in [0.717, 1.165) is 24.8 Å². The molecule has 1 amide bonds. The highest BCUT2D eigenvalue weighted by molar-refractivity contribution is 7.16. The first-order valence-corrected chi connectivity index (χ1v) is 7.06. The van der Waals surface area contributed by atoms with Crippen LogP contribution in [0.4, 0.5) is 5.00 Å². The number of aromatic amines is 1. The number of carbonyl (C=O) groups excluding carboxylic acids is 1. The predicted octanol–water partition coefficient (Wildman–Crippen LogP) is 2.05. The highest BCUT2D eigenvalue weighted by Crippen LogP contribution is 2.38. The van der Waals surface area contributed by atoms with Gasteiger partial charge in [-0.1, -0.05) is 6.07 Å². The molecule has 100 valence electrons. The van der Waals surface area contributed by atoms with Gasteiger partial charge in [-0.25, -0.2) is 0 Å². The number of anilines is 1. The van der Waals surface area contributed by atoms with Crippen molar-refractivity contribution in [2.75, 3.05) is 5.32 Å². The van der Waals surface area contributed by atoms with Crippen LogP contribution in [0.25, 0.3) is 0 Å². The Balaban J connectivity index is 1.91. The lowest BCUT2D eigenvalue weighted by Gasteiger charge is -2.03. The van der Waals surface area contributed by atoms with E-state index in [2.05, 4.69) is 16.4 Å². The summed E-state index contributed by atoms with van der Waals surface area (Å²) in [6.45, 7) is 0. The summed E-state index contributed by atoms with van der Waals surface area (Å²) in [5.41, 5.74) is 1.49. The standard InChI is InChI=1S/C14H11N3O2S/c15-7-9-8-3-1-5-11(8)20-14(9)17-13(19)10-4-2-6-12(18)16-10/h2,4,6H,1,3,5H2,(H,16,18)(H,17,19). The average molecular weight is 285 g/mol. The van der Waals surface area contributed by atoms with Crippen molar-refractivity contribution in [1.29, 1.82) is 5.26 Å². The molecular formula is C14H11N3O2S. The largest absolute Gasteiger partial charge is 0.318 e. The van der Waals surface area contributed by atoms with Crippen molar-refractivity contribution in [3.05, 3.63) is 50.3 Å². The second-order valence-electron chi connectivity index (χ2n) is 4.56. The molecule has 0 aromatic carbocycles. The third-order valence-corrected chi connectivity index (χ3v) is 4.48. The lowest BCUT2D eigenvalue weighted by atomic mass is 10.1. The number of nitrogens with one attached hydrogen (secondary N) is 2. The van der Waals surface area contributed by atoms with E-state index in [1.807, 2.05) is 0 Å². The van der Waals surface area contributed by atoms with Gasteiger partial charge in [0.1, 0.15) is 16.8 Å². The van der Waals surface area contributed by atoms with Gasteiger partial charge in [0.25, 0.3) is 5.91 Å². The van der Waals surface area contributed by atoms with E-state index in [0.29, 0.717) is 10.6 Å². The molecule has 5 nitrogen and oxygen atoms in total. The Labute approximate surface area is 118 Å². The second-order valence-corrected chi connectivity index (χ2v) is 5.66. The van der Waals surface area contributed by atoms with Gasteiger partial charge in [0.2, 0.25) is 5.56 Å². The molecule has 1 aliphatic rings. The first kappa shape index (κ1) is 12.6. The van der Waals surface area contributed by atoms with Crippen LogP contribution < -0.4 is 10.9 Å². The van der Waals surface area contributed by atoms with Crippen molar-refractivity contribution in [3.63, 3.8) is 0 Å². The van der Waals surface area contributed by atoms with E-state index in [9.17, 15) is 14.9 Å². The molecule has 0 radical (unpaired) electrons. The Morgan fingerprint density at radius 2 is 2.25 bits per heavy atom. The lowest BCUT2D eigenvalue weighted by molar-refractivity contribution is 0.102. The van der Waals surface area contributed by atoms with Crippen molar-refractivity contribution >= 4 is 22.2 Å². The molecule has 2 heterocycles. The van der Waals surface area contributed by atoms with Crippen molar-refractivity contribution in [1.82, 2.24) is 4.98 Å². The van der Waals surface area contributed by atoms with Crippen LogP contribution in [0.3, 0.4) is 0 Å². The number of hydrogen-bond donors (Lipinski definition) is 2. The summed E-state index contributed by atoms with van der Waals surface area (Å²) < 4.78 is 0. The van der Waals surface area contributed by atoms with Gasteiger partial charge in [0.05, 0.1) is 5.56 Å². The molecule has 0 fully saturated rings. The summed E-state index contributed by atoms with van der Waals surface area (Å²) in [5, 5.41) is 12.5. The van der Waals surface area contributed by atoms with Crippen LogP contribution in [0.5, 0.6) is 0 Å². The molecule has 20 heavy (non-hydrogen) atoms. The number of H-pyrrole nitrogens is 1. The van der Waals surface area contributed by atoms with Crippen molar-refractivity contribution in [2.24, 2.45) is 0 Å². The summed E-state index contributed by atoms with van der Waals surface area (Å²) in [6.07, 6.45) is 2.93. The van der Waals surface area contributed by atoms with Crippen LogP contribution in [0.2, 0.25) is 0 Å². The normalized spacial score (nSPS) is 12.8. The van der Waals surface area contributed by atoms with E-state index in [-0.39, 0.29) is 11.3 Å². The fraction of sp³-hybridized carbons (Fsp3) is 0.214. The average Bonchev–Trinajstić information content (AvgIpc) is 2.98. The smallest absolute Gasteiger partial charge is 0.272 e. The minimum absolute atomic E-state index is 0.190. The summed E-state index contributed by atoms with van der Waals surface area (Å²) in [6, 6.07) is 6.57. The van der Waals surface area contributed by atoms with Gasteiger partial charge >= 0.3 is 0 Å². The Hall–Kier alpha value is -2.39. The molecule has 0 saturated heterocycles. The van der Waals surface area contributed by atoms with Crippen LogP contribution in [0, 0.1) is 11.3 Å². The number of aromatic nitrogens is 1. The Morgan fingerprint density at radius 1 is 1.40 bits per heavy atom. The lowest BCUT2D eigenvalue weighted by Crippen LogP contribution is -2.17. The number of aryl methyl sites for hydroxylation is 1. The molecule has 0 spiro atoms. The number of nitrogens with zero attached hydrogens (tertiary/aromatic N) is 1. The highest BCUT2D eigenvalue weighted by Gasteiger charge is 2.23. The first-order valence-electron chi connectivity index (χ1n) is 6.24. The zero-order valence-electron chi connectivity index (χ0n) is 10.5. The summed E-state index contributed by atoms with van der Waals surface area (Å²) in [5.74, 6) is -0.404. The molecule has 0 atom stereocenters. The minimum Gasteiger partial charge on any atom is -0.318 e. The van der Waals surface area contributed by atoms with E-state index in [1.54, 1.807) is 0 Å². The maximum atomic E-state index is 12.1. The zero-order chi connectivity index (χ0) is 14.1. The van der Waals surface area contributed by atoms with E-state index >= 15 is 0 Å². The topological polar surface area (TPSA) is 85.8 Å². The van der Waals surface area contributed by atoms with Gasteiger partial charge in [-0.2, -0.15) is 5.26 Å². The maximum absolute atomic E-state index is 12.1. The highest BCUT2D eigenvalue weighted by atomic mass is 32.1. The van der Waals surface area contributed by atoms with Crippen molar-refractivity contribution in [2.45, 2.75) is 19.3 Å². The molecule has 2 aromatic heterocycles. The minimum atomic E-state index is -0.404. The number of rotatable bonds is 2.